The van der Waals surface area contributed by atoms with Crippen LogP contribution >= 0.6 is 0 Å². The Morgan fingerprint density at radius 3 is 2.77 bits per heavy atom. The largest absolute Gasteiger partial charge is 0.379 e. The minimum absolute atomic E-state index is 0.736. The highest BCUT2D eigenvalue weighted by molar-refractivity contribution is 4.70. The van der Waals surface area contributed by atoms with Gasteiger partial charge in [0.15, 0.2) is 0 Å². The van der Waals surface area contributed by atoms with E-state index >= 15 is 0 Å². The molecule has 1 N–H and O–H groups in total. The van der Waals surface area contributed by atoms with Crippen molar-refractivity contribution in [2.45, 2.75) is 19.8 Å². The Hall–Kier alpha value is -0.120. The second-order valence-corrected chi connectivity index (χ2v) is 3.46. The summed E-state index contributed by atoms with van der Waals surface area (Å²) in [4.78, 5) is 0. The molecule has 1 aliphatic heterocycles. The summed E-state index contributed by atoms with van der Waals surface area (Å²) in [6.07, 6.45) is 2.51. The molecule has 0 bridgehead atoms. The molecule has 1 rings (SSSR count). The summed E-state index contributed by atoms with van der Waals surface area (Å²) in [6.45, 7) is 7.52. The highest BCUT2D eigenvalue weighted by Gasteiger charge is 2.13. The van der Waals surface area contributed by atoms with Crippen molar-refractivity contribution in [2.24, 2.45) is 5.92 Å². The summed E-state index contributed by atoms with van der Waals surface area (Å²) in [7, 11) is 0. The topological polar surface area (TPSA) is 30.5 Å². The van der Waals surface area contributed by atoms with Gasteiger partial charge in [0, 0.05) is 13.2 Å². The molecule has 13 heavy (non-hydrogen) atoms. The lowest BCUT2D eigenvalue weighted by molar-refractivity contribution is 0.0482. The van der Waals surface area contributed by atoms with Crippen molar-refractivity contribution < 1.29 is 9.47 Å². The molecular formula is C10H21NO2. The molecule has 0 amide bonds. The number of nitrogens with one attached hydrogen (secondary N) is 1. The number of rotatable bonds is 7. The third-order valence-electron chi connectivity index (χ3n) is 2.41. The highest BCUT2D eigenvalue weighted by Crippen LogP contribution is 2.11. The summed E-state index contributed by atoms with van der Waals surface area (Å²) in [5.74, 6) is 0.840. The van der Waals surface area contributed by atoms with Crippen LogP contribution in [0.2, 0.25) is 0 Å². The fraction of sp³-hybridized carbons (Fsp3) is 1.00. The molecule has 0 saturated carbocycles. The van der Waals surface area contributed by atoms with E-state index < -0.39 is 0 Å². The van der Waals surface area contributed by atoms with Gasteiger partial charge in [-0.15, -0.1) is 0 Å². The lowest BCUT2D eigenvalue weighted by Gasteiger charge is -2.08. The highest BCUT2D eigenvalue weighted by atomic mass is 16.5. The van der Waals surface area contributed by atoms with E-state index in [1.54, 1.807) is 0 Å². The average molecular weight is 187 g/mol. The van der Waals surface area contributed by atoms with Crippen LogP contribution in [-0.2, 0) is 9.47 Å². The molecule has 0 unspecified atom stereocenters. The molecule has 0 aromatic rings. The fourth-order valence-corrected chi connectivity index (χ4v) is 1.58. The minimum Gasteiger partial charge on any atom is -0.379 e. The first-order valence-corrected chi connectivity index (χ1v) is 5.29. The van der Waals surface area contributed by atoms with E-state index in [0.717, 1.165) is 32.3 Å². The second-order valence-electron chi connectivity index (χ2n) is 3.46. The van der Waals surface area contributed by atoms with E-state index in [1.807, 2.05) is 6.92 Å². The van der Waals surface area contributed by atoms with Crippen LogP contribution in [0.5, 0.6) is 0 Å². The molecule has 3 nitrogen and oxygen atoms in total. The van der Waals surface area contributed by atoms with Crippen LogP contribution in [0.1, 0.15) is 19.8 Å². The maximum Gasteiger partial charge on any atom is 0.0700 e. The van der Waals surface area contributed by atoms with Gasteiger partial charge in [-0.1, -0.05) is 0 Å². The van der Waals surface area contributed by atoms with Crippen molar-refractivity contribution in [3.8, 4) is 0 Å². The zero-order chi connectivity index (χ0) is 9.36. The number of hydrogen-bond acceptors (Lipinski definition) is 3. The van der Waals surface area contributed by atoms with Gasteiger partial charge < -0.3 is 14.8 Å². The van der Waals surface area contributed by atoms with E-state index in [0.29, 0.717) is 0 Å². The Balaban J connectivity index is 1.78. The second kappa shape index (κ2) is 7.30. The molecule has 1 atom stereocenters. The monoisotopic (exact) mass is 187 g/mol. The molecule has 78 valence electrons. The summed E-state index contributed by atoms with van der Waals surface area (Å²) in [6, 6.07) is 0. The first-order chi connectivity index (χ1) is 6.43. The van der Waals surface area contributed by atoms with Gasteiger partial charge >= 0.3 is 0 Å². The van der Waals surface area contributed by atoms with E-state index in [1.165, 1.54) is 25.9 Å². The van der Waals surface area contributed by atoms with E-state index in [-0.39, 0.29) is 0 Å². The first-order valence-electron chi connectivity index (χ1n) is 5.29. The minimum atomic E-state index is 0.736. The normalized spacial score (nSPS) is 22.4. The van der Waals surface area contributed by atoms with E-state index in [4.69, 9.17) is 9.47 Å². The van der Waals surface area contributed by atoms with Gasteiger partial charge in [0.25, 0.3) is 0 Å². The smallest absolute Gasteiger partial charge is 0.0700 e. The Bertz CT molecular complexity index is 113. The van der Waals surface area contributed by atoms with Crippen molar-refractivity contribution in [1.29, 1.82) is 0 Å². The van der Waals surface area contributed by atoms with Gasteiger partial charge in [-0.05, 0) is 38.8 Å². The molecule has 0 radical (unpaired) electrons. The number of ether oxygens (including phenoxy) is 2. The molecule has 1 aliphatic rings. The molecular weight excluding hydrogens is 166 g/mol. The Morgan fingerprint density at radius 2 is 2.08 bits per heavy atom. The van der Waals surface area contributed by atoms with Gasteiger partial charge in [-0.2, -0.15) is 0 Å². The SMILES string of the molecule is CCOCCOCC[C@H]1CCNC1. The first kappa shape index (κ1) is 11.0. The Labute approximate surface area is 80.8 Å². The van der Waals surface area contributed by atoms with Crippen LogP contribution in [0.25, 0.3) is 0 Å². The van der Waals surface area contributed by atoms with Crippen LogP contribution in [0.4, 0.5) is 0 Å². The third kappa shape index (κ3) is 5.24. The van der Waals surface area contributed by atoms with E-state index in [9.17, 15) is 0 Å². The molecule has 0 aromatic carbocycles. The summed E-state index contributed by atoms with van der Waals surface area (Å²) < 4.78 is 10.6. The molecule has 1 saturated heterocycles. The van der Waals surface area contributed by atoms with Gasteiger partial charge in [0.1, 0.15) is 0 Å². The predicted molar refractivity (Wildman–Crippen MR) is 52.9 cm³/mol. The Kier molecular flexibility index (Phi) is 6.15. The molecule has 0 aliphatic carbocycles. The van der Waals surface area contributed by atoms with Crippen LogP contribution in [-0.4, -0.2) is 39.5 Å². The van der Waals surface area contributed by atoms with Gasteiger partial charge in [0.05, 0.1) is 13.2 Å². The van der Waals surface area contributed by atoms with E-state index in [2.05, 4.69) is 5.32 Å². The summed E-state index contributed by atoms with van der Waals surface area (Å²) >= 11 is 0. The zero-order valence-corrected chi connectivity index (χ0v) is 8.55. The third-order valence-corrected chi connectivity index (χ3v) is 2.41. The summed E-state index contributed by atoms with van der Waals surface area (Å²) in [5.41, 5.74) is 0. The Morgan fingerprint density at radius 1 is 1.23 bits per heavy atom. The molecule has 1 fully saturated rings. The lowest BCUT2D eigenvalue weighted by Crippen LogP contribution is -2.12. The maximum absolute atomic E-state index is 5.44. The molecule has 0 spiro atoms. The zero-order valence-electron chi connectivity index (χ0n) is 8.55. The molecule has 3 heteroatoms. The fourth-order valence-electron chi connectivity index (χ4n) is 1.58. The van der Waals surface area contributed by atoms with Crippen molar-refractivity contribution in [2.75, 3.05) is 39.5 Å². The van der Waals surface area contributed by atoms with Gasteiger partial charge in [-0.25, -0.2) is 0 Å². The number of hydrogen-bond donors (Lipinski definition) is 1. The molecule has 1 heterocycles. The lowest BCUT2D eigenvalue weighted by atomic mass is 10.1. The quantitative estimate of drug-likeness (QED) is 0.604. The van der Waals surface area contributed by atoms with Crippen molar-refractivity contribution >= 4 is 0 Å². The van der Waals surface area contributed by atoms with Crippen molar-refractivity contribution in [3.63, 3.8) is 0 Å². The molecule has 0 aromatic heterocycles. The van der Waals surface area contributed by atoms with Crippen LogP contribution in [0.15, 0.2) is 0 Å². The predicted octanol–water partition coefficient (Wildman–Crippen LogP) is 1.04. The van der Waals surface area contributed by atoms with Crippen LogP contribution in [0.3, 0.4) is 0 Å². The summed E-state index contributed by atoms with van der Waals surface area (Å²) in [5, 5.41) is 3.35. The van der Waals surface area contributed by atoms with Crippen molar-refractivity contribution in [1.82, 2.24) is 5.32 Å². The maximum atomic E-state index is 5.44. The standard InChI is InChI=1S/C10H21NO2/c1-2-12-7-8-13-6-4-10-3-5-11-9-10/h10-11H,2-9H2,1H3/t10-/m1/s1. The van der Waals surface area contributed by atoms with Gasteiger partial charge in [0.2, 0.25) is 0 Å². The van der Waals surface area contributed by atoms with Crippen LogP contribution in [0, 0.1) is 5.92 Å². The van der Waals surface area contributed by atoms with Crippen molar-refractivity contribution in [3.05, 3.63) is 0 Å². The van der Waals surface area contributed by atoms with Crippen LogP contribution < -0.4 is 5.32 Å². The average Bonchev–Trinajstić information content (AvgIpc) is 2.63. The van der Waals surface area contributed by atoms with Gasteiger partial charge in [-0.3, -0.25) is 0 Å².